The monoisotopic (exact) mass is 354 g/mol. The Morgan fingerprint density at radius 2 is 1.67 bits per heavy atom. The van der Waals surface area contributed by atoms with Crippen molar-refractivity contribution in [3.05, 3.63) is 77.2 Å². The SMILES string of the molecule is Cc1nc(Nc2ccc(C#N)cc2)cc(C(=O)Nc2cccc(C#N)c2)n1. The number of carbonyl (C=O) groups excluding carboxylic acids is 1. The molecule has 0 saturated heterocycles. The van der Waals surface area contributed by atoms with Crippen LogP contribution in [0.4, 0.5) is 17.2 Å². The number of benzene rings is 2. The van der Waals surface area contributed by atoms with Gasteiger partial charge >= 0.3 is 0 Å². The highest BCUT2D eigenvalue weighted by Gasteiger charge is 2.11. The minimum Gasteiger partial charge on any atom is -0.340 e. The molecule has 7 heteroatoms. The van der Waals surface area contributed by atoms with E-state index in [4.69, 9.17) is 10.5 Å². The Hall–Kier alpha value is -4.23. The van der Waals surface area contributed by atoms with Crippen LogP contribution in [-0.2, 0) is 0 Å². The van der Waals surface area contributed by atoms with E-state index in [1.165, 1.54) is 6.07 Å². The molecule has 0 aliphatic rings. The average molecular weight is 354 g/mol. The standard InChI is InChI=1S/C20H14N6O/c1-13-23-18(20(27)26-17-4-2-3-15(9-17)12-22)10-19(24-13)25-16-7-5-14(11-21)6-8-16/h2-10H,1H3,(H,26,27)(H,23,24,25). The lowest BCUT2D eigenvalue weighted by atomic mass is 10.2. The fraction of sp³-hybridized carbons (Fsp3) is 0.0500. The van der Waals surface area contributed by atoms with Crippen LogP contribution >= 0.6 is 0 Å². The minimum absolute atomic E-state index is 0.195. The Balaban J connectivity index is 1.80. The molecule has 7 nitrogen and oxygen atoms in total. The van der Waals surface area contributed by atoms with E-state index in [1.54, 1.807) is 55.5 Å². The van der Waals surface area contributed by atoms with Crippen LogP contribution in [0.15, 0.2) is 54.6 Å². The van der Waals surface area contributed by atoms with E-state index < -0.39 is 5.91 Å². The number of anilines is 3. The van der Waals surface area contributed by atoms with Gasteiger partial charge in [-0.15, -0.1) is 0 Å². The van der Waals surface area contributed by atoms with Crippen molar-refractivity contribution >= 4 is 23.1 Å². The molecule has 0 unspecified atom stereocenters. The van der Waals surface area contributed by atoms with Gasteiger partial charge in [-0.3, -0.25) is 4.79 Å². The zero-order valence-corrected chi connectivity index (χ0v) is 14.4. The third-order valence-corrected chi connectivity index (χ3v) is 3.61. The lowest BCUT2D eigenvalue weighted by Gasteiger charge is -2.09. The van der Waals surface area contributed by atoms with Crippen LogP contribution in [0.3, 0.4) is 0 Å². The summed E-state index contributed by atoms with van der Waals surface area (Å²) in [6.45, 7) is 1.69. The molecule has 1 heterocycles. The van der Waals surface area contributed by atoms with Crippen molar-refractivity contribution in [1.82, 2.24) is 9.97 Å². The molecule has 0 aliphatic carbocycles. The molecule has 0 fully saturated rings. The van der Waals surface area contributed by atoms with Gasteiger partial charge in [0.2, 0.25) is 0 Å². The summed E-state index contributed by atoms with van der Waals surface area (Å²) in [5.41, 5.74) is 2.45. The van der Waals surface area contributed by atoms with Gasteiger partial charge in [-0.2, -0.15) is 10.5 Å². The van der Waals surface area contributed by atoms with E-state index in [1.807, 2.05) is 6.07 Å². The quantitative estimate of drug-likeness (QED) is 0.741. The summed E-state index contributed by atoms with van der Waals surface area (Å²) in [7, 11) is 0. The number of nitriles is 2. The number of aryl methyl sites for hydroxylation is 1. The van der Waals surface area contributed by atoms with Gasteiger partial charge in [0.1, 0.15) is 17.3 Å². The number of carbonyl (C=O) groups is 1. The van der Waals surface area contributed by atoms with Crippen molar-refractivity contribution in [3.63, 3.8) is 0 Å². The number of hydrogen-bond acceptors (Lipinski definition) is 6. The molecule has 0 bridgehead atoms. The van der Waals surface area contributed by atoms with Crippen LogP contribution < -0.4 is 10.6 Å². The second-order valence-electron chi connectivity index (χ2n) is 5.65. The van der Waals surface area contributed by atoms with Gasteiger partial charge in [-0.1, -0.05) is 6.07 Å². The Labute approximate surface area is 155 Å². The first-order chi connectivity index (χ1) is 13.1. The van der Waals surface area contributed by atoms with Crippen LogP contribution in [0.5, 0.6) is 0 Å². The summed E-state index contributed by atoms with van der Waals surface area (Å²) >= 11 is 0. The number of rotatable bonds is 4. The predicted octanol–water partition coefficient (Wildman–Crippen LogP) is 3.52. The van der Waals surface area contributed by atoms with Crippen molar-refractivity contribution in [2.45, 2.75) is 6.92 Å². The first kappa shape index (κ1) is 17.6. The smallest absolute Gasteiger partial charge is 0.274 e. The fourth-order valence-corrected chi connectivity index (χ4v) is 2.39. The number of aromatic nitrogens is 2. The Bertz CT molecular complexity index is 1080. The third-order valence-electron chi connectivity index (χ3n) is 3.61. The summed E-state index contributed by atoms with van der Waals surface area (Å²) < 4.78 is 0. The van der Waals surface area contributed by atoms with Crippen LogP contribution in [-0.4, -0.2) is 15.9 Å². The Morgan fingerprint density at radius 1 is 0.926 bits per heavy atom. The molecule has 1 aromatic heterocycles. The maximum atomic E-state index is 12.5. The van der Waals surface area contributed by atoms with Crippen LogP contribution in [0.1, 0.15) is 27.4 Å². The molecule has 0 radical (unpaired) electrons. The van der Waals surface area contributed by atoms with Crippen molar-refractivity contribution < 1.29 is 4.79 Å². The van der Waals surface area contributed by atoms with E-state index in [-0.39, 0.29) is 5.69 Å². The topological polar surface area (TPSA) is 114 Å². The second-order valence-corrected chi connectivity index (χ2v) is 5.65. The second kappa shape index (κ2) is 7.77. The Morgan fingerprint density at radius 3 is 2.37 bits per heavy atom. The highest BCUT2D eigenvalue weighted by atomic mass is 16.1. The van der Waals surface area contributed by atoms with Crippen LogP contribution in [0.2, 0.25) is 0 Å². The highest BCUT2D eigenvalue weighted by Crippen LogP contribution is 2.17. The first-order valence-electron chi connectivity index (χ1n) is 8.02. The lowest BCUT2D eigenvalue weighted by Crippen LogP contribution is -2.15. The molecule has 2 aromatic carbocycles. The summed E-state index contributed by atoms with van der Waals surface area (Å²) in [4.78, 5) is 21.0. The molecule has 0 saturated carbocycles. The molecule has 0 spiro atoms. The zero-order valence-electron chi connectivity index (χ0n) is 14.4. The van der Waals surface area contributed by atoms with E-state index in [9.17, 15) is 4.79 Å². The van der Waals surface area contributed by atoms with E-state index in [0.29, 0.717) is 28.5 Å². The van der Waals surface area contributed by atoms with Gasteiger partial charge in [-0.05, 0) is 49.4 Å². The fourth-order valence-electron chi connectivity index (χ4n) is 2.39. The van der Waals surface area contributed by atoms with Crippen LogP contribution in [0, 0.1) is 29.6 Å². The van der Waals surface area contributed by atoms with Crippen molar-refractivity contribution in [3.8, 4) is 12.1 Å². The Kier molecular flexibility index (Phi) is 5.06. The van der Waals surface area contributed by atoms with Crippen LogP contribution in [0.25, 0.3) is 0 Å². The van der Waals surface area contributed by atoms with E-state index in [0.717, 1.165) is 5.69 Å². The van der Waals surface area contributed by atoms with Crippen molar-refractivity contribution in [2.24, 2.45) is 0 Å². The molecule has 27 heavy (non-hydrogen) atoms. The van der Waals surface area contributed by atoms with Gasteiger partial charge in [0.25, 0.3) is 5.91 Å². The van der Waals surface area contributed by atoms with E-state index >= 15 is 0 Å². The minimum atomic E-state index is -0.404. The molecule has 3 rings (SSSR count). The number of amides is 1. The average Bonchev–Trinajstić information content (AvgIpc) is 2.68. The van der Waals surface area contributed by atoms with Gasteiger partial charge in [0, 0.05) is 17.4 Å². The van der Waals surface area contributed by atoms with Gasteiger partial charge in [0.05, 0.1) is 23.3 Å². The van der Waals surface area contributed by atoms with Gasteiger partial charge in [-0.25, -0.2) is 9.97 Å². The van der Waals surface area contributed by atoms with Gasteiger partial charge in [0.15, 0.2) is 0 Å². The molecule has 130 valence electrons. The first-order valence-corrected chi connectivity index (χ1v) is 8.02. The predicted molar refractivity (Wildman–Crippen MR) is 100 cm³/mol. The van der Waals surface area contributed by atoms with Crippen molar-refractivity contribution in [2.75, 3.05) is 10.6 Å². The highest BCUT2D eigenvalue weighted by molar-refractivity contribution is 6.03. The zero-order chi connectivity index (χ0) is 19.2. The summed E-state index contributed by atoms with van der Waals surface area (Å²) in [6.07, 6.45) is 0. The molecular formula is C20H14N6O. The maximum Gasteiger partial charge on any atom is 0.274 e. The maximum absolute atomic E-state index is 12.5. The summed E-state index contributed by atoms with van der Waals surface area (Å²) in [6, 6.07) is 19.1. The number of nitrogens with one attached hydrogen (secondary N) is 2. The summed E-state index contributed by atoms with van der Waals surface area (Å²) in [5.74, 6) is 0.492. The largest absolute Gasteiger partial charge is 0.340 e. The molecule has 2 N–H and O–H groups in total. The molecular weight excluding hydrogens is 340 g/mol. The van der Waals surface area contributed by atoms with Crippen molar-refractivity contribution in [1.29, 1.82) is 10.5 Å². The molecule has 1 amide bonds. The number of nitrogens with zero attached hydrogens (tertiary/aromatic N) is 4. The molecule has 0 aliphatic heterocycles. The normalized spacial score (nSPS) is 9.74. The van der Waals surface area contributed by atoms with Gasteiger partial charge < -0.3 is 10.6 Å². The third kappa shape index (κ3) is 4.44. The van der Waals surface area contributed by atoms with E-state index in [2.05, 4.69) is 26.7 Å². The lowest BCUT2D eigenvalue weighted by molar-refractivity contribution is 0.102. The molecule has 0 atom stereocenters. The molecule has 3 aromatic rings. The summed E-state index contributed by atoms with van der Waals surface area (Å²) in [5, 5.41) is 23.6. The number of hydrogen-bond donors (Lipinski definition) is 2.